The molecule has 1 aliphatic carbocycles. The molecule has 11 rings (SSSR count). The van der Waals surface area contributed by atoms with E-state index in [4.69, 9.17) is 24.9 Å². The summed E-state index contributed by atoms with van der Waals surface area (Å²) in [6.45, 7) is 4.79. The van der Waals surface area contributed by atoms with E-state index in [1.807, 2.05) is 31.3 Å². The summed E-state index contributed by atoms with van der Waals surface area (Å²) in [5.41, 5.74) is 16.5. The van der Waals surface area contributed by atoms with Crippen molar-refractivity contribution in [2.45, 2.75) is 33.1 Å². The lowest BCUT2D eigenvalue weighted by Gasteiger charge is -2.19. The van der Waals surface area contributed by atoms with E-state index in [2.05, 4.69) is 177 Å². The van der Waals surface area contributed by atoms with Crippen molar-refractivity contribution in [3.8, 4) is 34.0 Å². The summed E-state index contributed by atoms with van der Waals surface area (Å²) in [7, 11) is 1.97. The summed E-state index contributed by atoms with van der Waals surface area (Å²) in [5, 5.41) is 10.2. The lowest BCUT2D eigenvalue weighted by atomic mass is 9.87. The standard InChI is InChI=1S/C60H48N6/c1-4-40(44-28-31-50-45(35-44)29-33-53(63-50)60-65-54(41-16-8-5-6-9-17-41)36-55(66-60)42-18-10-7-11-19-42)34-39-25-30-51(62-37-39)56-46-20-12-14-22-48(46)57(49-23-15-13-21-47(49)56)52-32-27-43-26-24-38(2)58(61-3)59(43)64-52/h4,7-8,10-36,61H,5-6,9,37H2,1-3H3/b39-34-,40-4+. The van der Waals surface area contributed by atoms with Crippen LogP contribution in [0.25, 0.3) is 88.5 Å². The number of hydrogen-bond donors (Lipinski definition) is 1. The van der Waals surface area contributed by atoms with Crippen molar-refractivity contribution in [3.05, 3.63) is 210 Å². The number of aliphatic imine (C=N–C) groups is 1. The normalized spacial score (nSPS) is 14.8. The van der Waals surface area contributed by atoms with Gasteiger partial charge in [0.15, 0.2) is 5.82 Å². The molecule has 6 heteroatoms. The molecule has 0 atom stereocenters. The van der Waals surface area contributed by atoms with E-state index >= 15 is 0 Å². The molecule has 4 heterocycles. The molecule has 6 aromatic carbocycles. The van der Waals surface area contributed by atoms with Crippen LogP contribution in [-0.4, -0.2) is 39.2 Å². The predicted octanol–water partition coefficient (Wildman–Crippen LogP) is 14.7. The number of pyridine rings is 2. The van der Waals surface area contributed by atoms with Crippen LogP contribution in [0.4, 0.5) is 5.69 Å². The molecule has 2 aliphatic rings. The van der Waals surface area contributed by atoms with Gasteiger partial charge in [-0.05, 0) is 125 Å². The van der Waals surface area contributed by atoms with Crippen molar-refractivity contribution >= 4 is 65.9 Å². The van der Waals surface area contributed by atoms with Crippen LogP contribution in [0.5, 0.6) is 0 Å². The minimum Gasteiger partial charge on any atom is -0.386 e. The molecular formula is C60H48N6. The van der Waals surface area contributed by atoms with Gasteiger partial charge in [0.05, 0.1) is 46.1 Å². The van der Waals surface area contributed by atoms with Crippen LogP contribution in [0, 0.1) is 6.92 Å². The molecule has 3 aromatic heterocycles. The van der Waals surface area contributed by atoms with E-state index in [-0.39, 0.29) is 0 Å². The van der Waals surface area contributed by atoms with Gasteiger partial charge in [0.1, 0.15) is 5.69 Å². The predicted molar refractivity (Wildman–Crippen MR) is 278 cm³/mol. The van der Waals surface area contributed by atoms with Crippen LogP contribution in [0.2, 0.25) is 0 Å². The number of nitrogens with one attached hydrogen (secondary N) is 1. The monoisotopic (exact) mass is 852 g/mol. The smallest absolute Gasteiger partial charge is 0.179 e. The first kappa shape index (κ1) is 40.7. The number of dihydropyridines is 1. The summed E-state index contributed by atoms with van der Waals surface area (Å²) in [5.74, 6) is 0.621. The second kappa shape index (κ2) is 17.5. The summed E-state index contributed by atoms with van der Waals surface area (Å²) in [6, 6.07) is 49.1. The molecule has 1 aliphatic heterocycles. The van der Waals surface area contributed by atoms with Gasteiger partial charge in [-0.3, -0.25) is 4.99 Å². The van der Waals surface area contributed by atoms with E-state index in [1.165, 1.54) is 5.56 Å². The molecule has 0 radical (unpaired) electrons. The van der Waals surface area contributed by atoms with Gasteiger partial charge < -0.3 is 5.32 Å². The number of aromatic nitrogens is 4. The second-order valence-corrected chi connectivity index (χ2v) is 17.0. The zero-order valence-electron chi connectivity index (χ0n) is 37.4. The van der Waals surface area contributed by atoms with Crippen LogP contribution < -0.4 is 5.32 Å². The molecule has 1 N–H and O–H groups in total. The number of nitrogens with zero attached hydrogens (tertiary/aromatic N) is 5. The van der Waals surface area contributed by atoms with Gasteiger partial charge in [-0.25, -0.2) is 19.9 Å². The Bertz CT molecular complexity index is 3530. The molecule has 0 saturated carbocycles. The zero-order chi connectivity index (χ0) is 44.6. The third kappa shape index (κ3) is 7.60. The Kier molecular flexibility index (Phi) is 10.8. The molecule has 0 saturated heterocycles. The maximum absolute atomic E-state index is 5.32. The van der Waals surface area contributed by atoms with Crippen molar-refractivity contribution in [2.24, 2.45) is 4.99 Å². The molecule has 0 fully saturated rings. The highest BCUT2D eigenvalue weighted by atomic mass is 14.9. The highest BCUT2D eigenvalue weighted by Crippen LogP contribution is 2.41. The van der Waals surface area contributed by atoms with Gasteiger partial charge in [0.2, 0.25) is 0 Å². The summed E-state index contributed by atoms with van der Waals surface area (Å²) >= 11 is 0. The fourth-order valence-corrected chi connectivity index (χ4v) is 9.54. The summed E-state index contributed by atoms with van der Waals surface area (Å²) in [6.07, 6.45) is 18.8. The Morgan fingerprint density at radius 3 is 2.06 bits per heavy atom. The highest BCUT2D eigenvalue weighted by Gasteiger charge is 2.21. The van der Waals surface area contributed by atoms with Gasteiger partial charge in [-0.2, -0.15) is 0 Å². The van der Waals surface area contributed by atoms with Crippen molar-refractivity contribution in [1.82, 2.24) is 19.9 Å². The van der Waals surface area contributed by atoms with Gasteiger partial charge in [0, 0.05) is 34.5 Å². The quantitative estimate of drug-likeness (QED) is 0.154. The third-order valence-corrected chi connectivity index (χ3v) is 12.9. The van der Waals surface area contributed by atoms with E-state index < -0.39 is 0 Å². The average molecular weight is 853 g/mol. The number of aryl methyl sites for hydroxylation is 1. The van der Waals surface area contributed by atoms with Gasteiger partial charge in [0.25, 0.3) is 0 Å². The molecule has 0 amide bonds. The topological polar surface area (TPSA) is 76.0 Å². The first-order chi connectivity index (χ1) is 32.5. The van der Waals surface area contributed by atoms with Crippen molar-refractivity contribution in [3.63, 3.8) is 0 Å². The highest BCUT2D eigenvalue weighted by molar-refractivity contribution is 6.28. The van der Waals surface area contributed by atoms with Gasteiger partial charge >= 0.3 is 0 Å². The Morgan fingerprint density at radius 2 is 1.32 bits per heavy atom. The first-order valence-corrected chi connectivity index (χ1v) is 22.9. The Morgan fingerprint density at radius 1 is 0.606 bits per heavy atom. The van der Waals surface area contributed by atoms with Crippen LogP contribution in [-0.2, 0) is 0 Å². The lowest BCUT2D eigenvalue weighted by molar-refractivity contribution is 0.876. The van der Waals surface area contributed by atoms with E-state index in [0.717, 1.165) is 136 Å². The van der Waals surface area contributed by atoms with Crippen molar-refractivity contribution < 1.29 is 0 Å². The fraction of sp³-hybridized carbons (Fsp3) is 0.117. The van der Waals surface area contributed by atoms with E-state index in [1.54, 1.807) is 0 Å². The number of fused-ring (bicyclic) bond motifs is 4. The van der Waals surface area contributed by atoms with Crippen molar-refractivity contribution in [2.75, 3.05) is 18.9 Å². The molecule has 9 aromatic rings. The summed E-state index contributed by atoms with van der Waals surface area (Å²) in [4.78, 5) is 25.8. The molecule has 318 valence electrons. The maximum Gasteiger partial charge on any atom is 0.179 e. The molecule has 0 spiro atoms. The van der Waals surface area contributed by atoms with E-state index in [0.29, 0.717) is 12.4 Å². The largest absolute Gasteiger partial charge is 0.386 e. The maximum atomic E-state index is 5.32. The molecule has 0 unspecified atom stereocenters. The number of allylic oxidation sites excluding steroid dienone is 8. The minimum absolute atomic E-state index is 0.571. The number of hydrogen-bond acceptors (Lipinski definition) is 6. The Hall–Kier alpha value is -8.09. The zero-order valence-corrected chi connectivity index (χ0v) is 37.4. The number of rotatable bonds is 8. The van der Waals surface area contributed by atoms with Gasteiger partial charge in [-0.1, -0.05) is 140 Å². The molecule has 66 heavy (non-hydrogen) atoms. The Labute approximate surface area is 385 Å². The third-order valence-electron chi connectivity index (χ3n) is 12.9. The van der Waals surface area contributed by atoms with Crippen LogP contribution in [0.15, 0.2) is 193 Å². The lowest BCUT2D eigenvalue weighted by Crippen LogP contribution is -2.07. The van der Waals surface area contributed by atoms with Gasteiger partial charge in [-0.15, -0.1) is 0 Å². The molecule has 0 bridgehead atoms. The first-order valence-electron chi connectivity index (χ1n) is 22.9. The SMILES string of the molecule is C/C=C(\C=C1\C=CC(c2c3ccccc3c(-c3ccc4ccc(C)c(NC)c4n3)c3ccccc23)=NC1)c1ccc2nc(-c3nc(C4=CCCCC=C4)cc(-c4ccccc4)n3)ccc2c1. The summed E-state index contributed by atoms with van der Waals surface area (Å²) < 4.78 is 0. The molecule has 6 nitrogen and oxygen atoms in total. The Balaban J connectivity index is 0.902. The van der Waals surface area contributed by atoms with E-state index in [9.17, 15) is 0 Å². The minimum atomic E-state index is 0.571. The number of anilines is 1. The van der Waals surface area contributed by atoms with Crippen LogP contribution >= 0.6 is 0 Å². The average Bonchev–Trinajstić information content (AvgIpc) is 3.67. The second-order valence-electron chi connectivity index (χ2n) is 17.0. The van der Waals surface area contributed by atoms with Crippen LogP contribution in [0.3, 0.4) is 0 Å². The van der Waals surface area contributed by atoms with Crippen LogP contribution in [0.1, 0.15) is 48.6 Å². The fourth-order valence-electron chi connectivity index (χ4n) is 9.54. The van der Waals surface area contributed by atoms with Crippen molar-refractivity contribution in [1.29, 1.82) is 0 Å². The number of benzene rings is 6. The molecular weight excluding hydrogens is 805 g/mol.